The third-order valence-corrected chi connectivity index (χ3v) is 9.83. The summed E-state index contributed by atoms with van der Waals surface area (Å²) >= 11 is 1.81. The van der Waals surface area contributed by atoms with Gasteiger partial charge < -0.3 is 4.42 Å². The molecule has 0 atom stereocenters. The number of hydrogen-bond donors (Lipinski definition) is 0. The summed E-state index contributed by atoms with van der Waals surface area (Å²) in [5.41, 5.74) is 5.70. The van der Waals surface area contributed by atoms with Gasteiger partial charge in [-0.1, -0.05) is 115 Å². The predicted molar refractivity (Wildman–Crippen MR) is 185 cm³/mol. The largest absolute Gasteiger partial charge is 0.455 e. The normalized spacial score (nSPS) is 12.0. The third kappa shape index (κ3) is 3.51. The molecule has 0 aliphatic carbocycles. The molecule has 5 nitrogen and oxygen atoms in total. The van der Waals surface area contributed by atoms with Crippen molar-refractivity contribution in [2.45, 2.75) is 0 Å². The minimum Gasteiger partial charge on any atom is -0.455 e. The van der Waals surface area contributed by atoms with E-state index < -0.39 is 0 Å². The molecule has 6 aromatic carbocycles. The van der Waals surface area contributed by atoms with Gasteiger partial charge in [0.1, 0.15) is 11.2 Å². The van der Waals surface area contributed by atoms with Crippen molar-refractivity contribution in [3.8, 4) is 28.7 Å². The minimum absolute atomic E-state index is 0.570. The van der Waals surface area contributed by atoms with Gasteiger partial charge in [-0.15, -0.1) is 11.3 Å². The number of nitrogens with zero attached hydrogens (tertiary/aromatic N) is 4. The Morgan fingerprint density at radius 1 is 0.511 bits per heavy atom. The first-order valence-electron chi connectivity index (χ1n) is 14.9. The second kappa shape index (κ2) is 9.32. The predicted octanol–water partition coefficient (Wildman–Crippen LogP) is 10.6. The summed E-state index contributed by atoms with van der Waals surface area (Å²) in [4.78, 5) is 15.3. The molecule has 0 unspecified atom stereocenters. The Balaban J connectivity index is 1.45. The summed E-state index contributed by atoms with van der Waals surface area (Å²) in [5.74, 6) is 1.82. The molecule has 10 aromatic rings. The van der Waals surface area contributed by atoms with Crippen LogP contribution in [0.4, 0.5) is 0 Å². The van der Waals surface area contributed by atoms with Gasteiger partial charge in [0.25, 0.3) is 0 Å². The van der Waals surface area contributed by atoms with E-state index in [1.54, 1.807) is 0 Å². The Hall–Kier alpha value is -5.85. The fraction of sp³-hybridized carbons (Fsp3) is 0. The highest BCUT2D eigenvalue weighted by Crippen LogP contribution is 2.50. The van der Waals surface area contributed by atoms with Crippen LogP contribution in [0.15, 0.2) is 138 Å². The van der Waals surface area contributed by atoms with E-state index in [-0.39, 0.29) is 0 Å². The van der Waals surface area contributed by atoms with Crippen LogP contribution in [0.25, 0.3) is 92.6 Å². The molecule has 6 heteroatoms. The number of rotatable bonds is 3. The van der Waals surface area contributed by atoms with Crippen LogP contribution < -0.4 is 0 Å². The van der Waals surface area contributed by atoms with Gasteiger partial charge >= 0.3 is 0 Å². The lowest BCUT2D eigenvalue weighted by molar-refractivity contribution is 0.673. The lowest BCUT2D eigenvalue weighted by Gasteiger charge is -2.11. The average Bonchev–Trinajstić information content (AvgIpc) is 3.78. The van der Waals surface area contributed by atoms with Gasteiger partial charge in [0.2, 0.25) is 5.95 Å². The van der Waals surface area contributed by atoms with Crippen molar-refractivity contribution < 1.29 is 4.42 Å². The maximum atomic E-state index is 6.75. The van der Waals surface area contributed by atoms with E-state index in [0.717, 1.165) is 54.9 Å². The van der Waals surface area contributed by atoms with E-state index in [1.807, 2.05) is 78.1 Å². The second-order valence-corrected chi connectivity index (χ2v) is 12.2. The van der Waals surface area contributed by atoms with Gasteiger partial charge in [-0.05, 0) is 18.2 Å². The van der Waals surface area contributed by atoms with Crippen molar-refractivity contribution in [3.63, 3.8) is 0 Å². The van der Waals surface area contributed by atoms with Crippen LogP contribution in [0.5, 0.6) is 0 Å². The summed E-state index contributed by atoms with van der Waals surface area (Å²) in [6.07, 6.45) is 0. The van der Waals surface area contributed by atoms with E-state index in [4.69, 9.17) is 19.4 Å². The van der Waals surface area contributed by atoms with Crippen molar-refractivity contribution in [3.05, 3.63) is 133 Å². The van der Waals surface area contributed by atoms with Crippen molar-refractivity contribution in [2.75, 3.05) is 0 Å². The summed E-state index contributed by atoms with van der Waals surface area (Å²) in [5, 5.41) is 6.83. The quantitative estimate of drug-likeness (QED) is 0.204. The van der Waals surface area contributed by atoms with E-state index in [0.29, 0.717) is 17.6 Å². The fourth-order valence-corrected chi connectivity index (χ4v) is 7.98. The average molecular weight is 595 g/mol. The highest BCUT2D eigenvalue weighted by Gasteiger charge is 2.26. The Labute approximate surface area is 260 Å². The van der Waals surface area contributed by atoms with Crippen LogP contribution in [-0.4, -0.2) is 19.5 Å². The van der Waals surface area contributed by atoms with Crippen LogP contribution in [0.3, 0.4) is 0 Å². The molecule has 0 aliphatic rings. The fourth-order valence-electron chi connectivity index (χ4n) is 6.72. The Morgan fingerprint density at radius 2 is 1.11 bits per heavy atom. The Bertz CT molecular complexity index is 2670. The zero-order chi connectivity index (χ0) is 29.5. The molecule has 4 aromatic heterocycles. The highest BCUT2D eigenvalue weighted by molar-refractivity contribution is 7.27. The van der Waals surface area contributed by atoms with Gasteiger partial charge in [0, 0.05) is 47.5 Å². The molecular formula is C39H22N4OS. The second-order valence-electron chi connectivity index (χ2n) is 11.2. The van der Waals surface area contributed by atoms with Crippen molar-refractivity contribution >= 4 is 75.3 Å². The molecule has 0 aliphatic heterocycles. The van der Waals surface area contributed by atoms with Gasteiger partial charge in [-0.3, -0.25) is 4.57 Å². The Kier molecular flexibility index (Phi) is 5.09. The first kappa shape index (κ1) is 24.6. The lowest BCUT2D eigenvalue weighted by Crippen LogP contribution is -2.06. The van der Waals surface area contributed by atoms with Gasteiger partial charge in [0.05, 0.1) is 16.4 Å². The molecule has 4 heterocycles. The van der Waals surface area contributed by atoms with Crippen LogP contribution in [-0.2, 0) is 0 Å². The number of benzene rings is 6. The zero-order valence-electron chi connectivity index (χ0n) is 23.8. The molecule has 0 spiro atoms. The van der Waals surface area contributed by atoms with Crippen molar-refractivity contribution in [1.29, 1.82) is 0 Å². The number of fused-ring (bicyclic) bond motifs is 12. The van der Waals surface area contributed by atoms with Gasteiger partial charge in [-0.2, -0.15) is 9.97 Å². The van der Waals surface area contributed by atoms with Crippen LogP contribution in [0.1, 0.15) is 0 Å². The van der Waals surface area contributed by atoms with Crippen molar-refractivity contribution in [1.82, 2.24) is 19.5 Å². The first-order valence-corrected chi connectivity index (χ1v) is 15.7. The smallest absolute Gasteiger partial charge is 0.238 e. The number of furan rings is 1. The standard InChI is InChI=1S/C39H22N4OS/c1-3-13-23(14-4-1)37-40-38(24-15-5-2-6-16-24)42-39(41-37)43-28-20-10-7-17-25(28)32-34(43)31-26-18-8-11-21-29(26)44-35(31)33-27-19-9-12-22-30(27)45-36(32)33/h1-22H. The molecule has 0 saturated carbocycles. The third-order valence-electron chi connectivity index (χ3n) is 8.64. The van der Waals surface area contributed by atoms with Crippen LogP contribution in [0.2, 0.25) is 0 Å². The van der Waals surface area contributed by atoms with E-state index in [2.05, 4.69) is 71.3 Å². The summed E-state index contributed by atoms with van der Waals surface area (Å²) < 4.78 is 11.4. The van der Waals surface area contributed by atoms with E-state index in [1.165, 1.54) is 20.2 Å². The molecule has 0 N–H and O–H groups in total. The van der Waals surface area contributed by atoms with Crippen molar-refractivity contribution in [2.24, 2.45) is 0 Å². The molecule has 0 saturated heterocycles. The number of hydrogen-bond acceptors (Lipinski definition) is 5. The highest BCUT2D eigenvalue weighted by atomic mass is 32.1. The molecule has 0 amide bonds. The number of aromatic nitrogens is 4. The first-order chi connectivity index (χ1) is 22.3. The number of para-hydroxylation sites is 2. The zero-order valence-corrected chi connectivity index (χ0v) is 24.6. The van der Waals surface area contributed by atoms with Gasteiger partial charge in [-0.25, -0.2) is 4.98 Å². The summed E-state index contributed by atoms with van der Waals surface area (Å²) in [7, 11) is 0. The lowest BCUT2D eigenvalue weighted by atomic mass is 10.0. The topological polar surface area (TPSA) is 56.7 Å². The monoisotopic (exact) mass is 594 g/mol. The van der Waals surface area contributed by atoms with Crippen LogP contribution in [0, 0.1) is 0 Å². The minimum atomic E-state index is 0.570. The van der Waals surface area contributed by atoms with E-state index >= 15 is 0 Å². The van der Waals surface area contributed by atoms with E-state index in [9.17, 15) is 0 Å². The molecule has 0 bridgehead atoms. The van der Waals surface area contributed by atoms with Gasteiger partial charge in [0.15, 0.2) is 11.6 Å². The molecule has 210 valence electrons. The molecule has 0 fully saturated rings. The van der Waals surface area contributed by atoms with Crippen LogP contribution >= 0.6 is 11.3 Å². The summed E-state index contributed by atoms with van der Waals surface area (Å²) in [6, 6.07) is 45.8. The maximum Gasteiger partial charge on any atom is 0.238 e. The molecular weight excluding hydrogens is 573 g/mol. The number of thiophene rings is 1. The molecule has 10 rings (SSSR count). The Morgan fingerprint density at radius 3 is 1.84 bits per heavy atom. The SMILES string of the molecule is c1ccc(-c2nc(-c3ccccc3)nc(-n3c4ccccc4c4c5sc6ccccc6c5c5oc6ccccc6c5c43)n2)cc1. The molecule has 45 heavy (non-hydrogen) atoms. The maximum absolute atomic E-state index is 6.75. The summed E-state index contributed by atoms with van der Waals surface area (Å²) in [6.45, 7) is 0. The molecule has 0 radical (unpaired) electrons.